The van der Waals surface area contributed by atoms with Crippen molar-refractivity contribution < 1.29 is 18.0 Å². The Morgan fingerprint density at radius 3 is 2.53 bits per heavy atom. The largest absolute Gasteiger partial charge is 0.399 e. The Kier molecular flexibility index (Phi) is 3.98. The van der Waals surface area contributed by atoms with Crippen molar-refractivity contribution in [1.29, 1.82) is 0 Å². The van der Waals surface area contributed by atoms with Crippen LogP contribution >= 0.6 is 0 Å². The summed E-state index contributed by atoms with van der Waals surface area (Å²) in [7, 11) is 0. The third kappa shape index (κ3) is 3.97. The smallest absolute Gasteiger partial charge is 0.397 e. The molecule has 0 unspecified atom stereocenters. The van der Waals surface area contributed by atoms with Crippen LogP contribution in [0.1, 0.15) is 13.3 Å². The van der Waals surface area contributed by atoms with E-state index >= 15 is 0 Å². The molecule has 0 radical (unpaired) electrons. The lowest BCUT2D eigenvalue weighted by molar-refractivity contribution is -0.151. The molecule has 0 aliphatic carbocycles. The van der Waals surface area contributed by atoms with E-state index in [0.717, 1.165) is 4.90 Å². The number of carbonyl (C=O) groups excluding carboxylic acids is 1. The zero-order valence-electron chi connectivity index (χ0n) is 9.29. The topological polar surface area (TPSA) is 46.3 Å². The van der Waals surface area contributed by atoms with Crippen LogP contribution in [-0.2, 0) is 4.79 Å². The Morgan fingerprint density at radius 1 is 1.41 bits per heavy atom. The van der Waals surface area contributed by atoms with Crippen molar-refractivity contribution in [2.75, 3.05) is 17.2 Å². The molecule has 0 saturated carbocycles. The fourth-order valence-corrected chi connectivity index (χ4v) is 1.46. The summed E-state index contributed by atoms with van der Waals surface area (Å²) in [5, 5.41) is 0. The highest BCUT2D eigenvalue weighted by Crippen LogP contribution is 2.24. The van der Waals surface area contributed by atoms with E-state index in [4.69, 9.17) is 5.73 Å². The third-order valence-electron chi connectivity index (χ3n) is 2.15. The third-order valence-corrected chi connectivity index (χ3v) is 2.15. The van der Waals surface area contributed by atoms with Crippen molar-refractivity contribution in [2.45, 2.75) is 19.5 Å². The van der Waals surface area contributed by atoms with Gasteiger partial charge in [0.2, 0.25) is 5.91 Å². The van der Waals surface area contributed by atoms with E-state index < -0.39 is 18.5 Å². The van der Waals surface area contributed by atoms with E-state index in [1.165, 1.54) is 6.07 Å². The van der Waals surface area contributed by atoms with E-state index in [9.17, 15) is 18.0 Å². The lowest BCUT2D eigenvalue weighted by Gasteiger charge is -2.22. The number of anilines is 2. The SMILES string of the molecule is CCN(C(=O)CC(F)(F)F)c1cccc(N)c1. The van der Waals surface area contributed by atoms with Crippen molar-refractivity contribution in [3.63, 3.8) is 0 Å². The van der Waals surface area contributed by atoms with Gasteiger partial charge in [0.15, 0.2) is 0 Å². The van der Waals surface area contributed by atoms with Crippen LogP contribution in [-0.4, -0.2) is 18.6 Å². The van der Waals surface area contributed by atoms with Gasteiger partial charge in [-0.25, -0.2) is 0 Å². The molecule has 17 heavy (non-hydrogen) atoms. The molecule has 2 N–H and O–H groups in total. The summed E-state index contributed by atoms with van der Waals surface area (Å²) in [5.74, 6) is -0.981. The van der Waals surface area contributed by atoms with Crippen LogP contribution in [0.25, 0.3) is 0 Å². The molecule has 0 aliphatic rings. The first-order chi connectivity index (χ1) is 7.83. The number of amides is 1. The number of carbonyl (C=O) groups is 1. The van der Waals surface area contributed by atoms with E-state index in [0.29, 0.717) is 11.4 Å². The predicted octanol–water partition coefficient (Wildman–Crippen LogP) is 2.57. The van der Waals surface area contributed by atoms with Gasteiger partial charge in [0.05, 0.1) is 0 Å². The highest BCUT2D eigenvalue weighted by Gasteiger charge is 2.33. The standard InChI is InChI=1S/C11H13F3N2O/c1-2-16(10(17)7-11(12,13)14)9-5-3-4-8(15)6-9/h3-6H,2,7,15H2,1H3. The molecule has 1 amide bonds. The molecule has 0 saturated heterocycles. The highest BCUT2D eigenvalue weighted by atomic mass is 19.4. The molecule has 1 aromatic rings. The van der Waals surface area contributed by atoms with Crippen molar-refractivity contribution in [2.24, 2.45) is 0 Å². The Hall–Kier alpha value is -1.72. The number of hydrogen-bond donors (Lipinski definition) is 1. The number of hydrogen-bond acceptors (Lipinski definition) is 2. The second kappa shape index (κ2) is 5.07. The molecular weight excluding hydrogens is 233 g/mol. The molecule has 3 nitrogen and oxygen atoms in total. The fourth-order valence-electron chi connectivity index (χ4n) is 1.46. The first kappa shape index (κ1) is 13.3. The van der Waals surface area contributed by atoms with Crippen molar-refractivity contribution >= 4 is 17.3 Å². The Bertz CT molecular complexity index is 404. The number of benzene rings is 1. The van der Waals surface area contributed by atoms with E-state index in [2.05, 4.69) is 0 Å². The minimum Gasteiger partial charge on any atom is -0.399 e. The van der Waals surface area contributed by atoms with Gasteiger partial charge in [-0.15, -0.1) is 0 Å². The van der Waals surface area contributed by atoms with E-state index in [-0.39, 0.29) is 6.54 Å². The summed E-state index contributed by atoms with van der Waals surface area (Å²) in [5.41, 5.74) is 6.30. The average molecular weight is 246 g/mol. The Morgan fingerprint density at radius 2 is 2.06 bits per heavy atom. The summed E-state index contributed by atoms with van der Waals surface area (Å²) < 4.78 is 36.4. The highest BCUT2D eigenvalue weighted by molar-refractivity contribution is 5.94. The summed E-state index contributed by atoms with van der Waals surface area (Å²) in [6.45, 7) is 1.77. The number of rotatable bonds is 3. The Labute approximate surface area is 97.0 Å². The predicted molar refractivity (Wildman–Crippen MR) is 59.6 cm³/mol. The number of nitrogens with two attached hydrogens (primary N) is 1. The van der Waals surface area contributed by atoms with Gasteiger partial charge in [-0.3, -0.25) is 4.79 Å². The van der Waals surface area contributed by atoms with Crippen LogP contribution in [0, 0.1) is 0 Å². The van der Waals surface area contributed by atoms with Crippen LogP contribution in [0.4, 0.5) is 24.5 Å². The minimum atomic E-state index is -4.50. The first-order valence-corrected chi connectivity index (χ1v) is 5.06. The zero-order valence-corrected chi connectivity index (χ0v) is 9.29. The summed E-state index contributed by atoms with van der Waals surface area (Å²) >= 11 is 0. The van der Waals surface area contributed by atoms with Gasteiger partial charge in [0.1, 0.15) is 6.42 Å². The molecule has 0 atom stereocenters. The number of alkyl halides is 3. The lowest BCUT2D eigenvalue weighted by atomic mass is 10.2. The van der Waals surface area contributed by atoms with Gasteiger partial charge in [0, 0.05) is 17.9 Å². The van der Waals surface area contributed by atoms with Gasteiger partial charge >= 0.3 is 6.18 Å². The Balaban J connectivity index is 2.88. The fraction of sp³-hybridized carbons (Fsp3) is 0.364. The summed E-state index contributed by atoms with van der Waals surface area (Å²) in [6, 6.07) is 6.21. The molecule has 1 aromatic carbocycles. The lowest BCUT2D eigenvalue weighted by Crippen LogP contribution is -2.34. The monoisotopic (exact) mass is 246 g/mol. The summed E-state index contributed by atoms with van der Waals surface area (Å²) in [6.07, 6.45) is -5.96. The van der Waals surface area contributed by atoms with Gasteiger partial charge in [-0.05, 0) is 25.1 Å². The molecular formula is C11H13F3N2O. The molecule has 0 bridgehead atoms. The molecule has 1 rings (SSSR count). The van der Waals surface area contributed by atoms with Crippen LogP contribution in [0.2, 0.25) is 0 Å². The maximum Gasteiger partial charge on any atom is 0.397 e. The maximum absolute atomic E-state index is 12.1. The van der Waals surface area contributed by atoms with Crippen LogP contribution in [0.3, 0.4) is 0 Å². The average Bonchev–Trinajstić information content (AvgIpc) is 2.15. The van der Waals surface area contributed by atoms with E-state index in [1.54, 1.807) is 25.1 Å². The number of nitrogens with zero attached hydrogens (tertiary/aromatic N) is 1. The quantitative estimate of drug-likeness (QED) is 0.833. The summed E-state index contributed by atoms with van der Waals surface area (Å²) in [4.78, 5) is 12.5. The van der Waals surface area contributed by atoms with E-state index in [1.807, 2.05) is 0 Å². The van der Waals surface area contributed by atoms with Crippen LogP contribution in [0.5, 0.6) is 0 Å². The number of nitrogen functional groups attached to an aromatic ring is 1. The van der Waals surface area contributed by atoms with Gasteiger partial charge in [0.25, 0.3) is 0 Å². The molecule has 0 heterocycles. The molecule has 0 fully saturated rings. The zero-order chi connectivity index (χ0) is 13.1. The van der Waals surface area contributed by atoms with Gasteiger partial charge < -0.3 is 10.6 Å². The second-order valence-corrected chi connectivity index (χ2v) is 3.52. The molecule has 6 heteroatoms. The number of halogens is 3. The maximum atomic E-state index is 12.1. The van der Waals surface area contributed by atoms with Crippen molar-refractivity contribution in [1.82, 2.24) is 0 Å². The van der Waals surface area contributed by atoms with Crippen LogP contribution in [0.15, 0.2) is 24.3 Å². The minimum absolute atomic E-state index is 0.165. The van der Waals surface area contributed by atoms with Gasteiger partial charge in [-0.1, -0.05) is 6.07 Å². The van der Waals surface area contributed by atoms with Crippen LogP contribution < -0.4 is 10.6 Å². The van der Waals surface area contributed by atoms with Gasteiger partial charge in [-0.2, -0.15) is 13.2 Å². The molecule has 0 spiro atoms. The van der Waals surface area contributed by atoms with Crippen molar-refractivity contribution in [3.8, 4) is 0 Å². The normalized spacial score (nSPS) is 11.3. The molecule has 0 aromatic heterocycles. The molecule has 0 aliphatic heterocycles. The van der Waals surface area contributed by atoms with Crippen molar-refractivity contribution in [3.05, 3.63) is 24.3 Å². The first-order valence-electron chi connectivity index (χ1n) is 5.06. The molecule has 94 valence electrons. The second-order valence-electron chi connectivity index (χ2n) is 3.52.